The van der Waals surface area contributed by atoms with E-state index in [2.05, 4.69) is 42.2 Å². The quantitative estimate of drug-likeness (QED) is 0.549. The van der Waals surface area contributed by atoms with E-state index in [1.807, 2.05) is 17.5 Å². The molecule has 0 amide bonds. The highest BCUT2D eigenvalue weighted by Gasteiger charge is 2.08. The molecule has 5 heteroatoms. The molecule has 27 heavy (non-hydrogen) atoms. The number of rotatable bonds is 7. The number of thiazole rings is 1. The van der Waals surface area contributed by atoms with Gasteiger partial charge in [0.15, 0.2) is 0 Å². The number of aryl methyl sites for hydroxylation is 2. The molecule has 0 aliphatic rings. The van der Waals surface area contributed by atoms with Crippen LogP contribution in [0.4, 0.5) is 0 Å². The van der Waals surface area contributed by atoms with Crippen LogP contribution in [0.15, 0.2) is 53.9 Å². The molecule has 0 N–H and O–H groups in total. The SMILES string of the molecule is CCc1ccc(-c2nc(COC(=O)CCc3ccc(C#N)cc3)cs2)cc1. The minimum Gasteiger partial charge on any atom is -0.459 e. The fourth-order valence-corrected chi connectivity index (χ4v) is 3.42. The van der Waals surface area contributed by atoms with Crippen molar-refractivity contribution in [1.29, 1.82) is 5.26 Å². The molecule has 0 fully saturated rings. The van der Waals surface area contributed by atoms with Crippen LogP contribution in [0, 0.1) is 11.3 Å². The van der Waals surface area contributed by atoms with E-state index in [1.54, 1.807) is 23.5 Å². The van der Waals surface area contributed by atoms with Crippen LogP contribution in [0.5, 0.6) is 0 Å². The molecule has 0 saturated heterocycles. The van der Waals surface area contributed by atoms with Gasteiger partial charge in [0.1, 0.15) is 11.6 Å². The van der Waals surface area contributed by atoms with Crippen molar-refractivity contribution in [1.82, 2.24) is 4.98 Å². The molecule has 0 bridgehead atoms. The maximum atomic E-state index is 12.0. The smallest absolute Gasteiger partial charge is 0.306 e. The number of hydrogen-bond acceptors (Lipinski definition) is 5. The van der Waals surface area contributed by atoms with Gasteiger partial charge in [0.25, 0.3) is 0 Å². The second-order valence-electron chi connectivity index (χ2n) is 6.16. The summed E-state index contributed by atoms with van der Waals surface area (Å²) < 4.78 is 5.33. The molecule has 0 radical (unpaired) electrons. The highest BCUT2D eigenvalue weighted by Crippen LogP contribution is 2.24. The molecule has 0 spiro atoms. The van der Waals surface area contributed by atoms with E-state index in [9.17, 15) is 4.79 Å². The van der Waals surface area contributed by atoms with Crippen LogP contribution in [0.2, 0.25) is 0 Å². The summed E-state index contributed by atoms with van der Waals surface area (Å²) >= 11 is 1.55. The lowest BCUT2D eigenvalue weighted by molar-refractivity contribution is -0.145. The number of hydrogen-bond donors (Lipinski definition) is 0. The first-order valence-electron chi connectivity index (χ1n) is 8.86. The lowest BCUT2D eigenvalue weighted by Crippen LogP contribution is -2.06. The summed E-state index contributed by atoms with van der Waals surface area (Å²) in [5, 5.41) is 11.7. The van der Waals surface area contributed by atoms with Crippen molar-refractivity contribution in [2.75, 3.05) is 0 Å². The molecule has 0 aliphatic carbocycles. The Morgan fingerprint density at radius 2 is 1.81 bits per heavy atom. The first kappa shape index (κ1) is 18.8. The van der Waals surface area contributed by atoms with E-state index < -0.39 is 0 Å². The Morgan fingerprint density at radius 3 is 2.48 bits per heavy atom. The van der Waals surface area contributed by atoms with Gasteiger partial charge in [-0.05, 0) is 36.1 Å². The topological polar surface area (TPSA) is 63.0 Å². The van der Waals surface area contributed by atoms with E-state index in [1.165, 1.54) is 5.56 Å². The summed E-state index contributed by atoms with van der Waals surface area (Å²) in [5.74, 6) is -0.249. The Bertz CT molecular complexity index is 938. The van der Waals surface area contributed by atoms with Crippen LogP contribution in [0.1, 0.15) is 35.7 Å². The summed E-state index contributed by atoms with van der Waals surface area (Å²) in [5.41, 5.74) is 4.77. The van der Waals surface area contributed by atoms with Crippen molar-refractivity contribution >= 4 is 17.3 Å². The average Bonchev–Trinajstić information content (AvgIpc) is 3.20. The number of carbonyl (C=O) groups excluding carboxylic acids is 1. The van der Waals surface area contributed by atoms with Crippen LogP contribution < -0.4 is 0 Å². The van der Waals surface area contributed by atoms with E-state index in [0.29, 0.717) is 18.4 Å². The molecule has 1 heterocycles. The van der Waals surface area contributed by atoms with Crippen LogP contribution in [0.3, 0.4) is 0 Å². The van der Waals surface area contributed by atoms with Crippen LogP contribution in [0.25, 0.3) is 10.6 Å². The second-order valence-corrected chi connectivity index (χ2v) is 7.02. The second kappa shape index (κ2) is 9.11. The highest BCUT2D eigenvalue weighted by molar-refractivity contribution is 7.13. The van der Waals surface area contributed by atoms with Gasteiger partial charge in [0.2, 0.25) is 0 Å². The third-order valence-corrected chi connectivity index (χ3v) is 5.18. The van der Waals surface area contributed by atoms with E-state index in [0.717, 1.165) is 28.2 Å². The molecule has 0 atom stereocenters. The number of benzene rings is 2. The zero-order valence-corrected chi connectivity index (χ0v) is 16.0. The zero-order valence-electron chi connectivity index (χ0n) is 15.1. The van der Waals surface area contributed by atoms with Gasteiger partial charge >= 0.3 is 5.97 Å². The summed E-state index contributed by atoms with van der Waals surface area (Å²) in [6.45, 7) is 2.32. The number of ether oxygens (including phenoxy) is 1. The molecular weight excluding hydrogens is 356 g/mol. The number of aromatic nitrogens is 1. The largest absolute Gasteiger partial charge is 0.459 e. The van der Waals surface area contributed by atoms with Gasteiger partial charge in [-0.1, -0.05) is 43.3 Å². The summed E-state index contributed by atoms with van der Waals surface area (Å²) in [7, 11) is 0. The summed E-state index contributed by atoms with van der Waals surface area (Å²) in [6, 6.07) is 17.7. The number of nitrogens with zero attached hydrogens (tertiary/aromatic N) is 2. The number of carbonyl (C=O) groups is 1. The first-order valence-corrected chi connectivity index (χ1v) is 9.74. The van der Waals surface area contributed by atoms with Crippen molar-refractivity contribution in [3.05, 3.63) is 76.3 Å². The Balaban J connectivity index is 1.48. The predicted molar refractivity (Wildman–Crippen MR) is 106 cm³/mol. The van der Waals surface area contributed by atoms with Gasteiger partial charge in [-0.3, -0.25) is 4.79 Å². The first-order chi connectivity index (χ1) is 13.2. The Morgan fingerprint density at radius 1 is 1.11 bits per heavy atom. The highest BCUT2D eigenvalue weighted by atomic mass is 32.1. The molecule has 3 rings (SSSR count). The van der Waals surface area contributed by atoms with Crippen LogP contribution >= 0.6 is 11.3 Å². The third-order valence-electron chi connectivity index (χ3n) is 4.24. The lowest BCUT2D eigenvalue weighted by atomic mass is 10.1. The van der Waals surface area contributed by atoms with Gasteiger partial charge in [-0.2, -0.15) is 5.26 Å². The Kier molecular flexibility index (Phi) is 6.35. The van der Waals surface area contributed by atoms with Crippen LogP contribution in [-0.2, 0) is 29.0 Å². The van der Waals surface area contributed by atoms with E-state index in [-0.39, 0.29) is 12.6 Å². The van der Waals surface area contributed by atoms with Gasteiger partial charge in [0, 0.05) is 17.4 Å². The molecule has 1 aromatic heterocycles. The third kappa shape index (κ3) is 5.25. The Labute approximate surface area is 163 Å². The predicted octanol–water partition coefficient (Wildman–Crippen LogP) is 4.92. The molecule has 136 valence electrons. The fourth-order valence-electron chi connectivity index (χ4n) is 2.61. The summed E-state index contributed by atoms with van der Waals surface area (Å²) in [6.07, 6.45) is 1.92. The van der Waals surface area contributed by atoms with Gasteiger partial charge in [-0.25, -0.2) is 4.98 Å². The molecular formula is C22H20N2O2S. The standard InChI is InChI=1S/C22H20N2O2S/c1-2-16-7-10-19(11-8-16)22-24-20(15-27-22)14-26-21(25)12-9-17-3-5-18(13-23)6-4-17/h3-8,10-11,15H,2,9,12,14H2,1H3. The lowest BCUT2D eigenvalue weighted by Gasteiger charge is -2.03. The summed E-state index contributed by atoms with van der Waals surface area (Å²) in [4.78, 5) is 16.5. The van der Waals surface area contributed by atoms with Crippen LogP contribution in [-0.4, -0.2) is 11.0 Å². The molecule has 0 aliphatic heterocycles. The van der Waals surface area contributed by atoms with Gasteiger partial charge < -0.3 is 4.74 Å². The van der Waals surface area contributed by atoms with Crippen molar-refractivity contribution in [2.45, 2.75) is 32.8 Å². The molecule has 3 aromatic rings. The minimum atomic E-state index is -0.249. The zero-order chi connectivity index (χ0) is 19.1. The Hall–Kier alpha value is -2.97. The molecule has 4 nitrogen and oxygen atoms in total. The van der Waals surface area contributed by atoms with Crippen molar-refractivity contribution in [3.63, 3.8) is 0 Å². The molecule has 0 unspecified atom stereocenters. The number of esters is 1. The van der Waals surface area contributed by atoms with E-state index in [4.69, 9.17) is 10.00 Å². The van der Waals surface area contributed by atoms with E-state index >= 15 is 0 Å². The van der Waals surface area contributed by atoms with Crippen molar-refractivity contribution in [3.8, 4) is 16.6 Å². The van der Waals surface area contributed by atoms with Crippen molar-refractivity contribution < 1.29 is 9.53 Å². The normalized spacial score (nSPS) is 10.4. The van der Waals surface area contributed by atoms with Gasteiger partial charge in [-0.15, -0.1) is 11.3 Å². The maximum absolute atomic E-state index is 12.0. The average molecular weight is 376 g/mol. The van der Waals surface area contributed by atoms with Gasteiger partial charge in [0.05, 0.1) is 17.3 Å². The fraction of sp³-hybridized carbons (Fsp3) is 0.227. The number of nitriles is 1. The van der Waals surface area contributed by atoms with Crippen molar-refractivity contribution in [2.24, 2.45) is 0 Å². The monoisotopic (exact) mass is 376 g/mol. The maximum Gasteiger partial charge on any atom is 0.306 e. The minimum absolute atomic E-state index is 0.190. The molecule has 2 aromatic carbocycles. The molecule has 0 saturated carbocycles.